The third-order valence-electron chi connectivity index (χ3n) is 3.13. The van der Waals surface area contributed by atoms with Crippen molar-refractivity contribution < 1.29 is 14.4 Å². The number of anilines is 3. The molecule has 20 heavy (non-hydrogen) atoms. The van der Waals surface area contributed by atoms with Gasteiger partial charge in [-0.15, -0.1) is 0 Å². The predicted octanol–water partition coefficient (Wildman–Crippen LogP) is 3.30. The second-order valence-corrected chi connectivity index (χ2v) is 4.48. The van der Waals surface area contributed by atoms with E-state index in [0.717, 1.165) is 10.2 Å². The van der Waals surface area contributed by atoms with Crippen LogP contribution < -0.4 is 15.5 Å². The molecule has 102 valence electrons. The Kier molecular flexibility index (Phi) is 2.80. The van der Waals surface area contributed by atoms with Crippen LogP contribution in [0.1, 0.15) is 5.56 Å². The predicted molar refractivity (Wildman–Crippen MR) is 73.3 cm³/mol. The van der Waals surface area contributed by atoms with Gasteiger partial charge < -0.3 is 5.32 Å². The smallest absolute Gasteiger partial charge is 0.304 e. The summed E-state index contributed by atoms with van der Waals surface area (Å²) >= 11 is 0. The van der Waals surface area contributed by atoms with Gasteiger partial charge in [0, 0.05) is 0 Å². The first-order valence-electron chi connectivity index (χ1n) is 6.03. The zero-order chi connectivity index (χ0) is 14.3. The number of para-hydroxylation sites is 2. The van der Waals surface area contributed by atoms with Crippen LogP contribution in [0, 0.1) is 12.7 Å². The van der Waals surface area contributed by atoms with Gasteiger partial charge in [-0.25, -0.2) is 9.18 Å². The number of urea groups is 1. The Morgan fingerprint density at radius 2 is 1.90 bits per heavy atom. The fourth-order valence-electron chi connectivity index (χ4n) is 2.18. The van der Waals surface area contributed by atoms with E-state index in [0.29, 0.717) is 22.6 Å². The number of halogens is 1. The van der Waals surface area contributed by atoms with Crippen molar-refractivity contribution in [1.29, 1.82) is 0 Å². The summed E-state index contributed by atoms with van der Waals surface area (Å²) in [6, 6.07) is 10.3. The molecule has 2 aromatic carbocycles. The molecule has 5 nitrogen and oxygen atoms in total. The molecular weight excluding hydrogens is 261 g/mol. The van der Waals surface area contributed by atoms with E-state index >= 15 is 0 Å². The number of amides is 2. The largest absolute Gasteiger partial charge is 0.347 e. The van der Waals surface area contributed by atoms with Crippen molar-refractivity contribution >= 4 is 23.1 Å². The summed E-state index contributed by atoms with van der Waals surface area (Å²) in [6.07, 6.45) is 0. The van der Waals surface area contributed by atoms with Gasteiger partial charge in [0.1, 0.15) is 11.5 Å². The SMILES string of the molecule is Cc1cc(F)ccc1N1C(=O)Nc2ccccc2N1O. The molecule has 0 saturated heterocycles. The van der Waals surface area contributed by atoms with Crippen LogP contribution in [0.2, 0.25) is 0 Å². The van der Waals surface area contributed by atoms with Gasteiger partial charge in [0.15, 0.2) is 0 Å². The highest BCUT2D eigenvalue weighted by atomic mass is 19.1. The number of nitrogens with one attached hydrogen (secondary N) is 1. The van der Waals surface area contributed by atoms with Crippen molar-refractivity contribution in [3.63, 3.8) is 0 Å². The molecule has 0 fully saturated rings. The van der Waals surface area contributed by atoms with Gasteiger partial charge in [-0.05, 0) is 42.8 Å². The maximum absolute atomic E-state index is 13.2. The molecule has 1 heterocycles. The molecule has 2 amide bonds. The number of carbonyl (C=O) groups excluding carboxylic acids is 1. The monoisotopic (exact) mass is 273 g/mol. The maximum Gasteiger partial charge on any atom is 0.347 e. The number of hydrogen-bond acceptors (Lipinski definition) is 3. The number of fused-ring (bicyclic) bond motifs is 1. The summed E-state index contributed by atoms with van der Waals surface area (Å²) in [6.45, 7) is 1.67. The van der Waals surface area contributed by atoms with Crippen LogP contribution in [0.5, 0.6) is 0 Å². The van der Waals surface area contributed by atoms with Gasteiger partial charge in [-0.1, -0.05) is 12.1 Å². The quantitative estimate of drug-likeness (QED) is 0.838. The molecule has 0 aromatic heterocycles. The zero-order valence-electron chi connectivity index (χ0n) is 10.7. The van der Waals surface area contributed by atoms with E-state index in [1.807, 2.05) is 0 Å². The van der Waals surface area contributed by atoms with E-state index in [-0.39, 0.29) is 0 Å². The Balaban J connectivity index is 2.08. The number of benzene rings is 2. The van der Waals surface area contributed by atoms with E-state index in [9.17, 15) is 14.4 Å². The Morgan fingerprint density at radius 3 is 2.65 bits per heavy atom. The van der Waals surface area contributed by atoms with E-state index in [2.05, 4.69) is 5.32 Å². The van der Waals surface area contributed by atoms with E-state index in [1.165, 1.54) is 18.2 Å². The zero-order valence-corrected chi connectivity index (χ0v) is 10.7. The number of hydrogen-bond donors (Lipinski definition) is 2. The fraction of sp³-hybridized carbons (Fsp3) is 0.0714. The van der Waals surface area contributed by atoms with Crippen LogP contribution in [0.3, 0.4) is 0 Å². The van der Waals surface area contributed by atoms with Crippen LogP contribution in [-0.4, -0.2) is 11.2 Å². The lowest BCUT2D eigenvalue weighted by Crippen LogP contribution is -2.51. The third kappa shape index (κ3) is 1.86. The average molecular weight is 273 g/mol. The number of aryl methyl sites for hydroxylation is 1. The van der Waals surface area contributed by atoms with Gasteiger partial charge in [0.05, 0.1) is 11.4 Å². The average Bonchev–Trinajstić information content (AvgIpc) is 2.41. The van der Waals surface area contributed by atoms with Crippen molar-refractivity contribution in [1.82, 2.24) is 0 Å². The second-order valence-electron chi connectivity index (χ2n) is 4.48. The van der Waals surface area contributed by atoms with Gasteiger partial charge in [0.25, 0.3) is 0 Å². The molecule has 0 unspecified atom stereocenters. The van der Waals surface area contributed by atoms with Gasteiger partial charge >= 0.3 is 6.03 Å². The first-order valence-corrected chi connectivity index (χ1v) is 6.03. The molecule has 2 aromatic rings. The maximum atomic E-state index is 13.2. The highest BCUT2D eigenvalue weighted by Gasteiger charge is 2.31. The van der Waals surface area contributed by atoms with Crippen LogP contribution in [-0.2, 0) is 0 Å². The topological polar surface area (TPSA) is 55.8 Å². The van der Waals surface area contributed by atoms with Crippen LogP contribution in [0.15, 0.2) is 42.5 Å². The summed E-state index contributed by atoms with van der Waals surface area (Å²) in [4.78, 5) is 12.1. The summed E-state index contributed by atoms with van der Waals surface area (Å²) < 4.78 is 13.2. The molecule has 3 rings (SSSR count). The molecule has 0 atom stereocenters. The minimum atomic E-state index is -0.513. The Labute approximate surface area is 114 Å². The van der Waals surface area contributed by atoms with Gasteiger partial charge in [-0.3, -0.25) is 5.21 Å². The van der Waals surface area contributed by atoms with Gasteiger partial charge in [-0.2, -0.15) is 10.2 Å². The number of carbonyl (C=O) groups is 1. The summed E-state index contributed by atoms with van der Waals surface area (Å²) in [7, 11) is 0. The van der Waals surface area contributed by atoms with Crippen molar-refractivity contribution in [3.05, 3.63) is 53.8 Å². The van der Waals surface area contributed by atoms with Crippen molar-refractivity contribution in [3.8, 4) is 0 Å². The molecule has 0 bridgehead atoms. The number of hydrazine groups is 1. The second kappa shape index (κ2) is 4.50. The molecule has 0 spiro atoms. The Bertz CT molecular complexity index is 690. The first kappa shape index (κ1) is 12.4. The number of nitrogens with zero attached hydrogens (tertiary/aromatic N) is 2. The summed E-state index contributed by atoms with van der Waals surface area (Å²) in [5.74, 6) is -0.395. The minimum Gasteiger partial charge on any atom is -0.304 e. The van der Waals surface area contributed by atoms with Crippen molar-refractivity contribution in [2.75, 3.05) is 15.5 Å². The van der Waals surface area contributed by atoms with E-state index in [1.54, 1.807) is 31.2 Å². The third-order valence-corrected chi connectivity index (χ3v) is 3.13. The molecule has 0 radical (unpaired) electrons. The van der Waals surface area contributed by atoms with Crippen molar-refractivity contribution in [2.24, 2.45) is 0 Å². The van der Waals surface area contributed by atoms with E-state index < -0.39 is 11.8 Å². The Hall–Kier alpha value is -2.60. The highest BCUT2D eigenvalue weighted by molar-refractivity contribution is 6.08. The lowest BCUT2D eigenvalue weighted by Gasteiger charge is -2.36. The standard InChI is InChI=1S/C14H12FN3O2/c1-9-8-10(15)6-7-12(9)17-14(19)16-11-4-2-3-5-13(11)18(17)20/h2-8,20H,1H3,(H,16,19). The van der Waals surface area contributed by atoms with Crippen LogP contribution >= 0.6 is 0 Å². The molecular formula is C14H12FN3O2. The first-order chi connectivity index (χ1) is 9.58. The minimum absolute atomic E-state index is 0.395. The summed E-state index contributed by atoms with van der Waals surface area (Å²) in [5.41, 5.74) is 1.89. The molecule has 1 aliphatic rings. The van der Waals surface area contributed by atoms with Crippen molar-refractivity contribution in [2.45, 2.75) is 6.92 Å². The lowest BCUT2D eigenvalue weighted by atomic mass is 10.2. The molecule has 1 aliphatic heterocycles. The normalized spacial score (nSPS) is 14.1. The van der Waals surface area contributed by atoms with Gasteiger partial charge in [0.2, 0.25) is 0 Å². The van der Waals surface area contributed by atoms with Crippen LogP contribution in [0.4, 0.5) is 26.2 Å². The Morgan fingerprint density at radius 1 is 1.15 bits per heavy atom. The molecule has 6 heteroatoms. The molecule has 0 saturated carbocycles. The fourth-order valence-corrected chi connectivity index (χ4v) is 2.18. The van der Waals surface area contributed by atoms with Crippen LogP contribution in [0.25, 0.3) is 0 Å². The molecule has 2 N–H and O–H groups in total. The summed E-state index contributed by atoms with van der Waals surface area (Å²) in [5, 5.41) is 14.7. The lowest BCUT2D eigenvalue weighted by molar-refractivity contribution is 0.221. The van der Waals surface area contributed by atoms with E-state index in [4.69, 9.17) is 0 Å². The highest BCUT2D eigenvalue weighted by Crippen LogP contribution is 2.34. The molecule has 0 aliphatic carbocycles. The number of rotatable bonds is 1.